The van der Waals surface area contributed by atoms with Gasteiger partial charge in [-0.2, -0.15) is 17.9 Å². The zero-order valence-corrected chi connectivity index (χ0v) is 8.02. The number of nitrogens with zero attached hydrogens (tertiary/aromatic N) is 1. The van der Waals surface area contributed by atoms with Crippen LogP contribution in [0.1, 0.15) is 17.5 Å². The Hall–Kier alpha value is -1.01. The molecule has 0 aliphatic rings. The first-order valence-electron chi connectivity index (χ1n) is 4.07. The zero-order valence-electron chi connectivity index (χ0n) is 7.13. The van der Waals surface area contributed by atoms with Crippen LogP contribution in [-0.4, -0.2) is 5.75 Å². The second-order valence-electron chi connectivity index (χ2n) is 2.75. The molecular formula is C10H10FNS. The molecule has 0 atom stereocenters. The number of halogens is 1. The third kappa shape index (κ3) is 2.74. The number of hydrogen-bond donors (Lipinski definition) is 1. The van der Waals surface area contributed by atoms with Crippen LogP contribution in [0, 0.1) is 17.1 Å². The summed E-state index contributed by atoms with van der Waals surface area (Å²) in [4.78, 5) is 0. The smallest absolute Gasteiger partial charge is 0.140 e. The van der Waals surface area contributed by atoms with Gasteiger partial charge >= 0.3 is 0 Å². The molecule has 1 rings (SSSR count). The first kappa shape index (κ1) is 10.1. The number of rotatable bonds is 3. The van der Waals surface area contributed by atoms with Crippen molar-refractivity contribution < 1.29 is 4.39 Å². The van der Waals surface area contributed by atoms with Crippen molar-refractivity contribution in [3.63, 3.8) is 0 Å². The van der Waals surface area contributed by atoms with E-state index in [2.05, 4.69) is 12.6 Å². The van der Waals surface area contributed by atoms with Gasteiger partial charge in [-0.25, -0.2) is 4.39 Å². The molecule has 0 saturated heterocycles. The van der Waals surface area contributed by atoms with Gasteiger partial charge in [0.2, 0.25) is 0 Å². The molecule has 1 aromatic rings. The Labute approximate surface area is 82.6 Å². The fourth-order valence-corrected chi connectivity index (χ4v) is 1.25. The molecule has 68 valence electrons. The molecule has 0 fully saturated rings. The van der Waals surface area contributed by atoms with Crippen molar-refractivity contribution in [1.29, 1.82) is 5.26 Å². The standard InChI is InChI=1S/C10H10FNS/c11-10-4-3-8(2-1-5-13)6-9(10)7-12/h3-4,6,13H,1-2,5H2. The molecule has 0 unspecified atom stereocenters. The summed E-state index contributed by atoms with van der Waals surface area (Å²) in [5.74, 6) is 0.358. The monoisotopic (exact) mass is 195 g/mol. The Morgan fingerprint density at radius 2 is 2.23 bits per heavy atom. The quantitative estimate of drug-likeness (QED) is 0.736. The van der Waals surface area contributed by atoms with Gasteiger partial charge in [0.1, 0.15) is 11.9 Å². The fraction of sp³-hybridized carbons (Fsp3) is 0.300. The highest BCUT2D eigenvalue weighted by Gasteiger charge is 2.01. The first-order valence-corrected chi connectivity index (χ1v) is 4.70. The third-order valence-electron chi connectivity index (χ3n) is 1.77. The zero-order chi connectivity index (χ0) is 9.68. The highest BCUT2D eigenvalue weighted by molar-refractivity contribution is 7.80. The minimum atomic E-state index is -0.447. The van der Waals surface area contributed by atoms with Gasteiger partial charge in [-0.3, -0.25) is 0 Å². The van der Waals surface area contributed by atoms with E-state index in [1.54, 1.807) is 12.1 Å². The van der Waals surface area contributed by atoms with E-state index in [9.17, 15) is 4.39 Å². The van der Waals surface area contributed by atoms with Crippen molar-refractivity contribution in [3.8, 4) is 6.07 Å². The van der Waals surface area contributed by atoms with E-state index in [1.165, 1.54) is 6.07 Å². The average Bonchev–Trinajstić information content (AvgIpc) is 2.16. The van der Waals surface area contributed by atoms with Gasteiger partial charge in [0.25, 0.3) is 0 Å². The Morgan fingerprint density at radius 3 is 2.85 bits per heavy atom. The second kappa shape index (κ2) is 4.88. The number of hydrogen-bond acceptors (Lipinski definition) is 2. The van der Waals surface area contributed by atoms with Crippen LogP contribution in [0.3, 0.4) is 0 Å². The molecule has 0 aromatic heterocycles. The normalized spacial score (nSPS) is 9.62. The summed E-state index contributed by atoms with van der Waals surface area (Å²) in [6.07, 6.45) is 1.79. The van der Waals surface area contributed by atoms with Crippen LogP contribution in [-0.2, 0) is 6.42 Å². The number of thiol groups is 1. The number of aryl methyl sites for hydroxylation is 1. The van der Waals surface area contributed by atoms with E-state index in [-0.39, 0.29) is 5.56 Å². The lowest BCUT2D eigenvalue weighted by Crippen LogP contribution is -1.90. The fourth-order valence-electron chi connectivity index (χ4n) is 1.10. The molecule has 0 aliphatic carbocycles. The summed E-state index contributed by atoms with van der Waals surface area (Å²) < 4.78 is 12.9. The van der Waals surface area contributed by atoms with Gasteiger partial charge in [-0.1, -0.05) is 6.07 Å². The molecule has 0 N–H and O–H groups in total. The molecule has 1 aromatic carbocycles. The largest absolute Gasteiger partial charge is 0.206 e. The molecule has 0 saturated carbocycles. The summed E-state index contributed by atoms with van der Waals surface area (Å²) in [6, 6.07) is 6.46. The maximum atomic E-state index is 12.9. The lowest BCUT2D eigenvalue weighted by molar-refractivity contribution is 0.623. The van der Waals surface area contributed by atoms with E-state index in [4.69, 9.17) is 5.26 Å². The van der Waals surface area contributed by atoms with Crippen molar-refractivity contribution in [1.82, 2.24) is 0 Å². The number of benzene rings is 1. The molecule has 0 aliphatic heterocycles. The number of nitriles is 1. The minimum Gasteiger partial charge on any atom is -0.206 e. The van der Waals surface area contributed by atoms with Crippen molar-refractivity contribution in [2.24, 2.45) is 0 Å². The van der Waals surface area contributed by atoms with E-state index in [0.717, 1.165) is 24.2 Å². The molecule has 0 radical (unpaired) electrons. The van der Waals surface area contributed by atoms with E-state index in [0.29, 0.717) is 0 Å². The summed E-state index contributed by atoms with van der Waals surface area (Å²) in [5.41, 5.74) is 1.11. The first-order chi connectivity index (χ1) is 6.27. The Balaban J connectivity index is 2.82. The van der Waals surface area contributed by atoms with E-state index < -0.39 is 5.82 Å². The van der Waals surface area contributed by atoms with Gasteiger partial charge in [-0.15, -0.1) is 0 Å². The maximum absolute atomic E-state index is 12.9. The van der Waals surface area contributed by atoms with Crippen molar-refractivity contribution in [2.75, 3.05) is 5.75 Å². The molecular weight excluding hydrogens is 185 g/mol. The van der Waals surface area contributed by atoms with Gasteiger partial charge in [0.15, 0.2) is 0 Å². The predicted octanol–water partition coefficient (Wildman–Crippen LogP) is 2.56. The highest BCUT2D eigenvalue weighted by Crippen LogP contribution is 2.11. The molecule has 0 amide bonds. The second-order valence-corrected chi connectivity index (χ2v) is 3.20. The van der Waals surface area contributed by atoms with Crippen molar-refractivity contribution >= 4 is 12.6 Å². The summed E-state index contributed by atoms with van der Waals surface area (Å²) in [6.45, 7) is 0. The van der Waals surface area contributed by atoms with Crippen molar-refractivity contribution in [3.05, 3.63) is 35.1 Å². The minimum absolute atomic E-state index is 0.122. The lowest BCUT2D eigenvalue weighted by Gasteiger charge is -2.00. The molecule has 0 heterocycles. The summed E-state index contributed by atoms with van der Waals surface area (Å²) in [7, 11) is 0. The maximum Gasteiger partial charge on any atom is 0.140 e. The van der Waals surface area contributed by atoms with E-state index >= 15 is 0 Å². The Morgan fingerprint density at radius 1 is 1.46 bits per heavy atom. The van der Waals surface area contributed by atoms with Crippen LogP contribution in [0.25, 0.3) is 0 Å². The van der Waals surface area contributed by atoms with Gasteiger partial charge in [0, 0.05) is 0 Å². The third-order valence-corrected chi connectivity index (χ3v) is 2.09. The highest BCUT2D eigenvalue weighted by atomic mass is 32.1. The van der Waals surface area contributed by atoms with Crippen LogP contribution >= 0.6 is 12.6 Å². The summed E-state index contributed by atoms with van der Waals surface area (Å²) in [5, 5.41) is 8.56. The molecule has 1 nitrogen and oxygen atoms in total. The van der Waals surface area contributed by atoms with Gasteiger partial charge < -0.3 is 0 Å². The molecule has 3 heteroatoms. The molecule has 13 heavy (non-hydrogen) atoms. The Kier molecular flexibility index (Phi) is 3.78. The molecule has 0 bridgehead atoms. The predicted molar refractivity (Wildman–Crippen MR) is 53.3 cm³/mol. The van der Waals surface area contributed by atoms with Gasteiger partial charge in [0.05, 0.1) is 5.56 Å². The lowest BCUT2D eigenvalue weighted by atomic mass is 10.1. The SMILES string of the molecule is N#Cc1cc(CCCS)ccc1F. The molecule has 0 spiro atoms. The van der Waals surface area contributed by atoms with Gasteiger partial charge in [-0.05, 0) is 36.3 Å². The van der Waals surface area contributed by atoms with Crippen LogP contribution in [0.4, 0.5) is 4.39 Å². The summed E-state index contributed by atoms with van der Waals surface area (Å²) >= 11 is 4.08. The van der Waals surface area contributed by atoms with Crippen LogP contribution < -0.4 is 0 Å². The van der Waals surface area contributed by atoms with Crippen LogP contribution in [0.15, 0.2) is 18.2 Å². The van der Waals surface area contributed by atoms with Crippen molar-refractivity contribution in [2.45, 2.75) is 12.8 Å². The van der Waals surface area contributed by atoms with E-state index in [1.807, 2.05) is 6.07 Å². The van der Waals surface area contributed by atoms with Crippen LogP contribution in [0.2, 0.25) is 0 Å². The average molecular weight is 195 g/mol. The Bertz CT molecular complexity index is 330. The van der Waals surface area contributed by atoms with Crippen LogP contribution in [0.5, 0.6) is 0 Å². The topological polar surface area (TPSA) is 23.8 Å².